The molecule has 1 aliphatic heterocycles. The van der Waals surface area contributed by atoms with Crippen molar-refractivity contribution in [2.24, 2.45) is 0 Å². The number of nitrogens with zero attached hydrogens (tertiary/aromatic N) is 1. The molecular formula is C10H7ClN2O3. The van der Waals surface area contributed by atoms with Crippen molar-refractivity contribution in [3.63, 3.8) is 0 Å². The fourth-order valence-corrected chi connectivity index (χ4v) is 1.73. The van der Waals surface area contributed by atoms with Crippen molar-refractivity contribution in [2.45, 2.75) is 6.92 Å². The predicted molar refractivity (Wildman–Crippen MR) is 57.2 cm³/mol. The Kier molecular flexibility index (Phi) is 2.40. The zero-order valence-electron chi connectivity index (χ0n) is 8.28. The molecule has 0 saturated carbocycles. The average Bonchev–Trinajstić information content (AvgIpc) is 2.43. The summed E-state index contributed by atoms with van der Waals surface area (Å²) in [6.45, 7) is 1.83. The number of amides is 4. The van der Waals surface area contributed by atoms with Gasteiger partial charge in [-0.05, 0) is 24.6 Å². The molecule has 1 N–H and O–H groups in total. The number of hydrogen-bond acceptors (Lipinski definition) is 3. The molecule has 82 valence electrons. The van der Waals surface area contributed by atoms with Crippen LogP contribution in [-0.4, -0.2) is 17.8 Å². The van der Waals surface area contributed by atoms with Gasteiger partial charge in [-0.25, -0.2) is 9.69 Å². The molecule has 1 heterocycles. The molecule has 1 aliphatic rings. The smallest absolute Gasteiger partial charge is 0.269 e. The van der Waals surface area contributed by atoms with Crippen LogP contribution in [-0.2, 0) is 9.59 Å². The second kappa shape index (κ2) is 3.61. The number of rotatable bonds is 1. The summed E-state index contributed by atoms with van der Waals surface area (Å²) >= 11 is 5.90. The normalized spacial score (nSPS) is 15.6. The molecule has 16 heavy (non-hydrogen) atoms. The first-order chi connectivity index (χ1) is 7.50. The van der Waals surface area contributed by atoms with Crippen molar-refractivity contribution in [2.75, 3.05) is 4.90 Å². The minimum atomic E-state index is -0.943. The summed E-state index contributed by atoms with van der Waals surface area (Å²) in [6, 6.07) is 4.05. The molecule has 0 bridgehead atoms. The van der Waals surface area contributed by atoms with Gasteiger partial charge in [-0.3, -0.25) is 14.9 Å². The van der Waals surface area contributed by atoms with Crippen LogP contribution >= 0.6 is 11.6 Å². The van der Waals surface area contributed by atoms with Gasteiger partial charge in [0.25, 0.3) is 0 Å². The summed E-state index contributed by atoms with van der Waals surface area (Å²) in [7, 11) is 0. The standard InChI is InChI=1S/C10H7ClN2O3/c1-5-2-3-7(6(11)4-5)13-9(15)8(14)12-10(13)16/h2-4H,1H3,(H,12,14,16). The average molecular weight is 239 g/mol. The monoisotopic (exact) mass is 238 g/mol. The lowest BCUT2D eigenvalue weighted by molar-refractivity contribution is -0.134. The predicted octanol–water partition coefficient (Wildman–Crippen LogP) is 1.23. The van der Waals surface area contributed by atoms with Crippen LogP contribution in [0.5, 0.6) is 0 Å². The van der Waals surface area contributed by atoms with E-state index in [-0.39, 0.29) is 10.7 Å². The Hall–Kier alpha value is -1.88. The van der Waals surface area contributed by atoms with Gasteiger partial charge in [-0.15, -0.1) is 0 Å². The van der Waals surface area contributed by atoms with E-state index < -0.39 is 17.8 Å². The van der Waals surface area contributed by atoms with E-state index in [1.807, 2.05) is 12.2 Å². The fourth-order valence-electron chi connectivity index (χ4n) is 1.41. The maximum absolute atomic E-state index is 11.4. The summed E-state index contributed by atoms with van der Waals surface area (Å²) < 4.78 is 0. The third-order valence-corrected chi connectivity index (χ3v) is 2.47. The lowest BCUT2D eigenvalue weighted by atomic mass is 10.2. The number of benzene rings is 1. The zero-order chi connectivity index (χ0) is 11.9. The molecule has 1 aromatic carbocycles. The van der Waals surface area contributed by atoms with E-state index in [0.717, 1.165) is 10.5 Å². The number of anilines is 1. The highest BCUT2D eigenvalue weighted by Crippen LogP contribution is 2.28. The first-order valence-electron chi connectivity index (χ1n) is 4.46. The SMILES string of the molecule is Cc1ccc(N2C(=O)NC(=O)C2=O)c(Cl)c1. The van der Waals surface area contributed by atoms with Crippen LogP contribution in [0.2, 0.25) is 5.02 Å². The maximum atomic E-state index is 11.4. The van der Waals surface area contributed by atoms with Crippen LogP contribution in [0, 0.1) is 6.92 Å². The zero-order valence-corrected chi connectivity index (χ0v) is 9.04. The van der Waals surface area contributed by atoms with Gasteiger partial charge in [0, 0.05) is 0 Å². The number of nitrogens with one attached hydrogen (secondary N) is 1. The fraction of sp³-hybridized carbons (Fsp3) is 0.100. The number of carbonyl (C=O) groups is 3. The van der Waals surface area contributed by atoms with E-state index in [1.165, 1.54) is 6.07 Å². The molecule has 4 amide bonds. The second-order valence-corrected chi connectivity index (χ2v) is 3.76. The van der Waals surface area contributed by atoms with Crippen molar-refractivity contribution < 1.29 is 14.4 Å². The number of aryl methyl sites for hydroxylation is 1. The maximum Gasteiger partial charge on any atom is 0.336 e. The van der Waals surface area contributed by atoms with Gasteiger partial charge < -0.3 is 0 Å². The largest absolute Gasteiger partial charge is 0.336 e. The van der Waals surface area contributed by atoms with Crippen molar-refractivity contribution in [3.8, 4) is 0 Å². The van der Waals surface area contributed by atoms with Crippen LogP contribution in [0.3, 0.4) is 0 Å². The molecule has 0 aliphatic carbocycles. The Morgan fingerprint density at radius 2 is 1.94 bits per heavy atom. The van der Waals surface area contributed by atoms with Crippen molar-refractivity contribution >= 4 is 35.1 Å². The lowest BCUT2D eigenvalue weighted by Crippen LogP contribution is -2.31. The minimum absolute atomic E-state index is 0.209. The molecule has 0 spiro atoms. The molecule has 0 unspecified atom stereocenters. The van der Waals surface area contributed by atoms with E-state index in [2.05, 4.69) is 0 Å². The summed E-state index contributed by atoms with van der Waals surface area (Å²) in [5, 5.41) is 2.15. The Morgan fingerprint density at radius 3 is 2.44 bits per heavy atom. The van der Waals surface area contributed by atoms with Gasteiger partial charge in [-0.2, -0.15) is 0 Å². The van der Waals surface area contributed by atoms with E-state index in [0.29, 0.717) is 0 Å². The summed E-state index contributed by atoms with van der Waals surface area (Å²) in [5.41, 5.74) is 1.10. The number of urea groups is 1. The Labute approximate surface area is 96.0 Å². The van der Waals surface area contributed by atoms with E-state index in [4.69, 9.17) is 11.6 Å². The lowest BCUT2D eigenvalue weighted by Gasteiger charge is -2.13. The molecule has 6 heteroatoms. The van der Waals surface area contributed by atoms with Gasteiger partial charge in [0.05, 0.1) is 10.7 Å². The van der Waals surface area contributed by atoms with Crippen LogP contribution in [0.1, 0.15) is 5.56 Å². The first kappa shape index (κ1) is 10.6. The summed E-state index contributed by atoms with van der Waals surface area (Å²) in [4.78, 5) is 34.4. The molecule has 0 radical (unpaired) electrons. The van der Waals surface area contributed by atoms with Crippen LogP contribution in [0.4, 0.5) is 10.5 Å². The second-order valence-electron chi connectivity index (χ2n) is 3.35. The molecule has 1 saturated heterocycles. The van der Waals surface area contributed by atoms with Crippen molar-refractivity contribution in [1.29, 1.82) is 0 Å². The Bertz CT molecular complexity index is 513. The van der Waals surface area contributed by atoms with E-state index >= 15 is 0 Å². The molecule has 0 atom stereocenters. The molecule has 5 nitrogen and oxygen atoms in total. The molecule has 1 aromatic rings. The van der Waals surface area contributed by atoms with Crippen LogP contribution < -0.4 is 10.2 Å². The number of halogens is 1. The van der Waals surface area contributed by atoms with E-state index in [9.17, 15) is 14.4 Å². The third kappa shape index (κ3) is 1.55. The van der Waals surface area contributed by atoms with Gasteiger partial charge in [0.2, 0.25) is 0 Å². The van der Waals surface area contributed by atoms with Crippen LogP contribution in [0.25, 0.3) is 0 Å². The highest BCUT2D eigenvalue weighted by molar-refractivity contribution is 6.53. The van der Waals surface area contributed by atoms with Crippen molar-refractivity contribution in [3.05, 3.63) is 28.8 Å². The first-order valence-corrected chi connectivity index (χ1v) is 4.84. The molecule has 0 aromatic heterocycles. The number of imide groups is 2. The topological polar surface area (TPSA) is 66.5 Å². The highest BCUT2D eigenvalue weighted by atomic mass is 35.5. The molecule has 2 rings (SSSR count). The summed E-state index contributed by atoms with van der Waals surface area (Å²) in [5.74, 6) is -1.86. The van der Waals surface area contributed by atoms with Gasteiger partial charge in [-0.1, -0.05) is 17.7 Å². The Balaban J connectivity index is 2.48. The van der Waals surface area contributed by atoms with Gasteiger partial charge in [0.15, 0.2) is 0 Å². The van der Waals surface area contributed by atoms with Gasteiger partial charge in [0.1, 0.15) is 0 Å². The molecule has 1 fully saturated rings. The number of hydrogen-bond donors (Lipinski definition) is 1. The van der Waals surface area contributed by atoms with E-state index in [1.54, 1.807) is 12.1 Å². The van der Waals surface area contributed by atoms with Gasteiger partial charge >= 0.3 is 17.8 Å². The van der Waals surface area contributed by atoms with Crippen LogP contribution in [0.15, 0.2) is 18.2 Å². The van der Waals surface area contributed by atoms with Crippen molar-refractivity contribution in [1.82, 2.24) is 5.32 Å². The third-order valence-electron chi connectivity index (χ3n) is 2.16. The minimum Gasteiger partial charge on any atom is -0.269 e. The Morgan fingerprint density at radius 1 is 1.25 bits per heavy atom. The highest BCUT2D eigenvalue weighted by Gasteiger charge is 2.38. The summed E-state index contributed by atoms with van der Waals surface area (Å²) in [6.07, 6.45) is 0. The quantitative estimate of drug-likeness (QED) is 0.591. The number of carbonyl (C=O) groups excluding carboxylic acids is 3. The molecular weight excluding hydrogens is 232 g/mol.